The Balaban J connectivity index is 1.10. The van der Waals surface area contributed by atoms with Crippen LogP contribution in [-0.4, -0.2) is 63.6 Å². The number of fused-ring (bicyclic) bond motifs is 1. The summed E-state index contributed by atoms with van der Waals surface area (Å²) in [5.41, 5.74) is 6.82. The number of morpholine rings is 1. The van der Waals surface area contributed by atoms with Crippen molar-refractivity contribution in [2.24, 2.45) is 11.1 Å². The quantitative estimate of drug-likeness (QED) is 0.458. The Kier molecular flexibility index (Phi) is 6.60. The molecule has 1 spiro atoms. The standard InChI is InChI=1S/C28H32F2N6O4/c1-15-12-35(13-16(2)39-15)18-5-6-21-22(34-25(23(29)30)36(21)14-18)26(38)33-17-8-28(9-17)10-19(11-28)40-27-20(24(31)37)4-3-7-32-27/h3-7,14-17,19,23H,8-13H2,1-2H3,(H2,31,37)(H,33,38)/t15-,16+,17?,19?,28?. The fourth-order valence-corrected chi connectivity index (χ4v) is 6.49. The van der Waals surface area contributed by atoms with E-state index >= 15 is 0 Å². The largest absolute Gasteiger partial charge is 0.474 e. The lowest BCUT2D eigenvalue weighted by atomic mass is 9.53. The summed E-state index contributed by atoms with van der Waals surface area (Å²) in [6.07, 6.45) is 3.37. The van der Waals surface area contributed by atoms with Crippen LogP contribution >= 0.6 is 0 Å². The first kappa shape index (κ1) is 26.4. The molecule has 0 bridgehead atoms. The molecule has 0 radical (unpaired) electrons. The first-order valence-electron chi connectivity index (χ1n) is 13.5. The van der Waals surface area contributed by atoms with Gasteiger partial charge in [-0.1, -0.05) is 0 Å². The number of anilines is 1. The van der Waals surface area contributed by atoms with E-state index in [1.807, 2.05) is 19.9 Å². The van der Waals surface area contributed by atoms with Gasteiger partial charge in [-0.3, -0.25) is 14.0 Å². The van der Waals surface area contributed by atoms with E-state index in [1.54, 1.807) is 30.6 Å². The molecule has 0 unspecified atom stereocenters. The molecule has 2 aliphatic carbocycles. The fourth-order valence-electron chi connectivity index (χ4n) is 6.49. The number of primary amides is 1. The van der Waals surface area contributed by atoms with Gasteiger partial charge in [0.05, 0.1) is 23.4 Å². The molecule has 3 aliphatic rings. The highest BCUT2D eigenvalue weighted by atomic mass is 19.3. The second kappa shape index (κ2) is 9.99. The maximum atomic E-state index is 13.9. The van der Waals surface area contributed by atoms with Crippen LogP contribution in [-0.2, 0) is 4.74 Å². The number of hydrogen-bond acceptors (Lipinski definition) is 7. The van der Waals surface area contributed by atoms with Crippen molar-refractivity contribution in [2.45, 2.75) is 70.3 Å². The summed E-state index contributed by atoms with van der Waals surface area (Å²) in [5, 5.41) is 2.98. The second-order valence-corrected chi connectivity index (χ2v) is 11.4. The van der Waals surface area contributed by atoms with Crippen molar-refractivity contribution in [1.82, 2.24) is 19.7 Å². The number of carbonyl (C=O) groups excluding carboxylic acids is 2. The molecular formula is C28H32F2N6O4. The van der Waals surface area contributed by atoms with Crippen molar-refractivity contribution < 1.29 is 27.8 Å². The van der Waals surface area contributed by atoms with Gasteiger partial charge in [0.1, 0.15) is 11.7 Å². The van der Waals surface area contributed by atoms with Gasteiger partial charge in [0.2, 0.25) is 5.88 Å². The predicted octanol–water partition coefficient (Wildman–Crippen LogP) is 3.50. The third-order valence-electron chi connectivity index (χ3n) is 8.17. The van der Waals surface area contributed by atoms with E-state index in [1.165, 1.54) is 4.40 Å². The van der Waals surface area contributed by atoms with Crippen molar-refractivity contribution in [3.05, 3.63) is 53.7 Å². The number of amides is 2. The Morgan fingerprint density at radius 1 is 1.15 bits per heavy atom. The van der Waals surface area contributed by atoms with Gasteiger partial charge >= 0.3 is 0 Å². The molecule has 2 saturated carbocycles. The molecule has 0 aromatic carbocycles. The lowest BCUT2D eigenvalue weighted by Gasteiger charge is -2.57. The van der Waals surface area contributed by atoms with E-state index in [9.17, 15) is 18.4 Å². The Hall–Kier alpha value is -3.80. The van der Waals surface area contributed by atoms with Crippen molar-refractivity contribution in [1.29, 1.82) is 0 Å². The monoisotopic (exact) mass is 554 g/mol. The molecular weight excluding hydrogens is 522 g/mol. The number of imidazole rings is 1. The Labute approximate surface area is 229 Å². The molecule has 2 amide bonds. The number of pyridine rings is 2. The van der Waals surface area contributed by atoms with Crippen LogP contribution in [0.2, 0.25) is 0 Å². The maximum absolute atomic E-state index is 13.9. The number of alkyl halides is 2. The average Bonchev–Trinajstić information content (AvgIpc) is 3.25. The molecule has 12 heteroatoms. The van der Waals surface area contributed by atoms with Gasteiger partial charge in [-0.2, -0.15) is 0 Å². The molecule has 212 valence electrons. The molecule has 3 aromatic rings. The van der Waals surface area contributed by atoms with Gasteiger partial charge in [-0.05, 0) is 69.2 Å². The highest BCUT2D eigenvalue weighted by Crippen LogP contribution is 2.56. The van der Waals surface area contributed by atoms with E-state index in [0.29, 0.717) is 18.6 Å². The summed E-state index contributed by atoms with van der Waals surface area (Å²) < 4.78 is 40.9. The Bertz CT molecular complexity index is 1440. The zero-order chi connectivity index (χ0) is 28.2. The van der Waals surface area contributed by atoms with Crippen molar-refractivity contribution in [3.8, 4) is 5.88 Å². The van der Waals surface area contributed by atoms with E-state index in [2.05, 4.69) is 20.2 Å². The molecule has 6 rings (SSSR count). The fraction of sp³-hybridized carbons (Fsp3) is 0.500. The number of ether oxygens (including phenoxy) is 2. The van der Waals surface area contributed by atoms with Gasteiger partial charge in [-0.25, -0.2) is 18.7 Å². The number of aromatic nitrogens is 3. The summed E-state index contributed by atoms with van der Waals surface area (Å²) in [7, 11) is 0. The number of hydrogen-bond donors (Lipinski definition) is 2. The third-order valence-corrected chi connectivity index (χ3v) is 8.17. The zero-order valence-electron chi connectivity index (χ0n) is 22.3. The highest BCUT2D eigenvalue weighted by Gasteiger charge is 2.54. The Morgan fingerprint density at radius 2 is 1.88 bits per heavy atom. The van der Waals surface area contributed by atoms with Crippen LogP contribution in [0.5, 0.6) is 5.88 Å². The number of nitrogens with one attached hydrogen (secondary N) is 1. The Morgan fingerprint density at radius 3 is 2.55 bits per heavy atom. The minimum atomic E-state index is -2.83. The van der Waals surface area contributed by atoms with Gasteiger partial charge < -0.3 is 25.4 Å². The van der Waals surface area contributed by atoms with Crippen LogP contribution in [0.25, 0.3) is 5.52 Å². The van der Waals surface area contributed by atoms with Crippen molar-refractivity contribution in [2.75, 3.05) is 18.0 Å². The second-order valence-electron chi connectivity index (χ2n) is 11.4. The number of nitrogens with zero attached hydrogens (tertiary/aromatic N) is 4. The van der Waals surface area contributed by atoms with Crippen LogP contribution in [0, 0.1) is 5.41 Å². The number of rotatable bonds is 7. The molecule has 3 N–H and O–H groups in total. The van der Waals surface area contributed by atoms with E-state index in [0.717, 1.165) is 31.4 Å². The maximum Gasteiger partial charge on any atom is 0.295 e. The number of nitrogens with two attached hydrogens (primary N) is 1. The summed E-state index contributed by atoms with van der Waals surface area (Å²) >= 11 is 0. The van der Waals surface area contributed by atoms with Crippen LogP contribution in [0.1, 0.15) is 72.6 Å². The summed E-state index contributed by atoms with van der Waals surface area (Å²) in [5.74, 6) is -1.27. The lowest BCUT2D eigenvalue weighted by molar-refractivity contribution is -0.0848. The number of carbonyl (C=O) groups is 2. The molecule has 4 heterocycles. The van der Waals surface area contributed by atoms with Gasteiger partial charge in [0, 0.05) is 31.5 Å². The number of halogens is 2. The molecule has 3 aromatic heterocycles. The molecule has 3 fully saturated rings. The van der Waals surface area contributed by atoms with Crippen molar-refractivity contribution >= 4 is 23.0 Å². The van der Waals surface area contributed by atoms with E-state index in [-0.39, 0.29) is 46.9 Å². The molecule has 1 aliphatic heterocycles. The van der Waals surface area contributed by atoms with Crippen LogP contribution in [0.4, 0.5) is 14.5 Å². The smallest absolute Gasteiger partial charge is 0.295 e. The summed E-state index contributed by atoms with van der Waals surface area (Å²) in [6, 6.07) is 6.66. The lowest BCUT2D eigenvalue weighted by Crippen LogP contribution is -2.58. The molecule has 10 nitrogen and oxygen atoms in total. The molecule has 1 saturated heterocycles. The average molecular weight is 555 g/mol. The highest BCUT2D eigenvalue weighted by molar-refractivity contribution is 5.99. The van der Waals surface area contributed by atoms with Crippen molar-refractivity contribution in [3.63, 3.8) is 0 Å². The van der Waals surface area contributed by atoms with Crippen LogP contribution < -0.4 is 20.7 Å². The SMILES string of the molecule is C[C@@H]1CN(c2ccc3c(C(=O)NC4CC5(C4)CC(Oc4ncccc4C(N)=O)C5)nc(C(F)F)n3c2)C[C@H](C)O1. The van der Waals surface area contributed by atoms with Gasteiger partial charge in [-0.15, -0.1) is 0 Å². The van der Waals surface area contributed by atoms with Gasteiger partial charge in [0.15, 0.2) is 11.5 Å². The van der Waals surface area contributed by atoms with Crippen LogP contribution in [0.3, 0.4) is 0 Å². The minimum Gasteiger partial charge on any atom is -0.474 e. The first-order valence-corrected chi connectivity index (χ1v) is 13.5. The first-order chi connectivity index (χ1) is 19.1. The van der Waals surface area contributed by atoms with E-state index in [4.69, 9.17) is 15.2 Å². The summed E-state index contributed by atoms with van der Waals surface area (Å²) in [4.78, 5) is 35.1. The van der Waals surface area contributed by atoms with Crippen LogP contribution in [0.15, 0.2) is 36.7 Å². The molecule has 2 atom stereocenters. The zero-order valence-corrected chi connectivity index (χ0v) is 22.3. The van der Waals surface area contributed by atoms with Gasteiger partial charge in [0.25, 0.3) is 18.2 Å². The topological polar surface area (TPSA) is 124 Å². The normalized spacial score (nSPS) is 27.9. The van der Waals surface area contributed by atoms with E-state index < -0.39 is 24.1 Å². The third kappa shape index (κ3) is 4.85. The molecule has 40 heavy (non-hydrogen) atoms. The predicted molar refractivity (Wildman–Crippen MR) is 142 cm³/mol. The minimum absolute atomic E-state index is 0.00420. The summed E-state index contributed by atoms with van der Waals surface area (Å²) in [6.45, 7) is 5.25.